The van der Waals surface area contributed by atoms with E-state index in [0.717, 1.165) is 19.3 Å². The zero-order valence-corrected chi connectivity index (χ0v) is 11.3. The van der Waals surface area contributed by atoms with Crippen LogP contribution < -0.4 is 0 Å². The lowest BCUT2D eigenvalue weighted by Gasteiger charge is -2.28. The topological polar surface area (TPSA) is 77.4 Å². The maximum Gasteiger partial charge on any atom is 0.364 e. The van der Waals surface area contributed by atoms with Crippen LogP contribution in [0, 0.1) is 5.92 Å². The molecular formula is C12H18N2O5. The molecule has 0 amide bonds. The highest BCUT2D eigenvalue weighted by Crippen LogP contribution is 2.36. The molecule has 7 nitrogen and oxygen atoms in total. The van der Waals surface area contributed by atoms with E-state index in [1.807, 2.05) is 0 Å². The molecule has 1 atom stereocenters. The van der Waals surface area contributed by atoms with Crippen LogP contribution in [-0.2, 0) is 23.9 Å². The minimum Gasteiger partial charge on any atom is -0.469 e. The second-order valence-electron chi connectivity index (χ2n) is 4.72. The summed E-state index contributed by atoms with van der Waals surface area (Å²) in [6.45, 7) is 0. The molecule has 1 saturated carbocycles. The molecule has 106 valence electrons. The lowest BCUT2D eigenvalue weighted by atomic mass is 9.84. The molecule has 0 aromatic heterocycles. The summed E-state index contributed by atoms with van der Waals surface area (Å²) in [5.74, 6) is -0.286. The van der Waals surface area contributed by atoms with Gasteiger partial charge in [-0.05, 0) is 12.8 Å². The Morgan fingerprint density at radius 3 is 2.58 bits per heavy atom. The van der Waals surface area contributed by atoms with Gasteiger partial charge in [-0.3, -0.25) is 4.79 Å². The smallest absolute Gasteiger partial charge is 0.364 e. The fraction of sp³-hybridized carbons (Fsp3) is 0.750. The lowest BCUT2D eigenvalue weighted by molar-refractivity contribution is -0.206. The molecule has 7 heteroatoms. The highest BCUT2D eigenvalue weighted by Gasteiger charge is 2.51. The number of methoxy groups -OCH3 is 2. The number of nitrogens with zero attached hydrogens (tertiary/aromatic N) is 2. The molecule has 0 radical (unpaired) electrons. The van der Waals surface area contributed by atoms with Crippen molar-refractivity contribution >= 4 is 17.8 Å². The van der Waals surface area contributed by atoms with Crippen LogP contribution in [0.25, 0.3) is 0 Å². The number of carbonyl (C=O) groups excluding carboxylic acids is 2. The summed E-state index contributed by atoms with van der Waals surface area (Å²) in [6, 6.07) is 0. The van der Waals surface area contributed by atoms with Crippen LogP contribution in [0.2, 0.25) is 0 Å². The van der Waals surface area contributed by atoms with E-state index >= 15 is 0 Å². The minimum absolute atomic E-state index is 0.286. The van der Waals surface area contributed by atoms with Gasteiger partial charge in [0.15, 0.2) is 0 Å². The standard InChI is InChI=1S/C12H18N2O5/c1-14-10(8-5-4-6-8)13-12(19-14,11(16)18-3)7-9(15)17-2/h8H,4-7H2,1-3H3. The van der Waals surface area contributed by atoms with Gasteiger partial charge in [-0.1, -0.05) is 6.42 Å². The van der Waals surface area contributed by atoms with E-state index < -0.39 is 17.7 Å². The third-order valence-electron chi connectivity index (χ3n) is 3.49. The quantitative estimate of drug-likeness (QED) is 0.692. The predicted octanol–water partition coefficient (Wildman–Crippen LogP) is 0.494. The highest BCUT2D eigenvalue weighted by atomic mass is 16.7. The van der Waals surface area contributed by atoms with Crippen molar-refractivity contribution in [2.45, 2.75) is 31.4 Å². The van der Waals surface area contributed by atoms with Crippen LogP contribution in [0.15, 0.2) is 4.99 Å². The Morgan fingerprint density at radius 1 is 1.42 bits per heavy atom. The lowest BCUT2D eigenvalue weighted by Crippen LogP contribution is -2.42. The summed E-state index contributed by atoms with van der Waals surface area (Å²) in [7, 11) is 4.17. The molecule has 1 aliphatic heterocycles. The van der Waals surface area contributed by atoms with Gasteiger partial charge in [-0.25, -0.2) is 19.7 Å². The predicted molar refractivity (Wildman–Crippen MR) is 65.0 cm³/mol. The van der Waals surface area contributed by atoms with Gasteiger partial charge in [-0.15, -0.1) is 0 Å². The number of hydroxylamine groups is 2. The highest BCUT2D eigenvalue weighted by molar-refractivity contribution is 5.93. The van der Waals surface area contributed by atoms with E-state index in [1.165, 1.54) is 19.3 Å². The van der Waals surface area contributed by atoms with Gasteiger partial charge in [0.1, 0.15) is 12.3 Å². The second-order valence-corrected chi connectivity index (χ2v) is 4.72. The molecule has 19 heavy (non-hydrogen) atoms. The summed E-state index contributed by atoms with van der Waals surface area (Å²) >= 11 is 0. The number of ether oxygens (including phenoxy) is 2. The molecule has 1 unspecified atom stereocenters. The number of hydrogen-bond acceptors (Lipinski definition) is 7. The van der Waals surface area contributed by atoms with E-state index in [0.29, 0.717) is 5.84 Å². The Balaban J connectivity index is 2.26. The average molecular weight is 270 g/mol. The van der Waals surface area contributed by atoms with Gasteiger partial charge >= 0.3 is 11.9 Å². The van der Waals surface area contributed by atoms with Crippen molar-refractivity contribution in [3.05, 3.63) is 0 Å². The number of amidine groups is 1. The van der Waals surface area contributed by atoms with Crippen LogP contribution in [0.4, 0.5) is 0 Å². The molecule has 1 fully saturated rings. The summed E-state index contributed by atoms with van der Waals surface area (Å²) < 4.78 is 9.29. The van der Waals surface area contributed by atoms with Crippen LogP contribution >= 0.6 is 0 Å². The summed E-state index contributed by atoms with van der Waals surface area (Å²) in [6.07, 6.45) is 2.88. The first-order valence-electron chi connectivity index (χ1n) is 6.20. The molecule has 0 spiro atoms. The van der Waals surface area contributed by atoms with Crippen molar-refractivity contribution in [2.75, 3.05) is 21.3 Å². The Labute approximate surface area is 111 Å². The number of hydrogen-bond donors (Lipinski definition) is 0. The van der Waals surface area contributed by atoms with Crippen molar-refractivity contribution in [1.82, 2.24) is 5.06 Å². The van der Waals surface area contributed by atoms with Crippen molar-refractivity contribution in [1.29, 1.82) is 0 Å². The minimum atomic E-state index is -1.64. The van der Waals surface area contributed by atoms with Gasteiger partial charge in [0, 0.05) is 13.0 Å². The Morgan fingerprint density at radius 2 is 2.11 bits per heavy atom. The van der Waals surface area contributed by atoms with Gasteiger partial charge in [0.25, 0.3) is 5.72 Å². The van der Waals surface area contributed by atoms with Crippen LogP contribution in [0.5, 0.6) is 0 Å². The second kappa shape index (κ2) is 5.16. The number of aliphatic imine (C=N–C) groups is 1. The fourth-order valence-corrected chi connectivity index (χ4v) is 2.22. The summed E-state index contributed by atoms with van der Waals surface area (Å²) in [4.78, 5) is 33.2. The molecule has 0 aromatic carbocycles. The van der Waals surface area contributed by atoms with Crippen molar-refractivity contribution < 1.29 is 23.9 Å². The molecule has 1 heterocycles. The third-order valence-corrected chi connectivity index (χ3v) is 3.49. The zero-order valence-electron chi connectivity index (χ0n) is 11.3. The third kappa shape index (κ3) is 2.42. The first-order valence-corrected chi connectivity index (χ1v) is 6.20. The zero-order chi connectivity index (χ0) is 14.0. The SMILES string of the molecule is COC(=O)CC1(C(=O)OC)N=C(C2CCC2)N(C)O1. The van der Waals surface area contributed by atoms with Crippen molar-refractivity contribution in [2.24, 2.45) is 10.9 Å². The number of rotatable bonds is 4. The van der Waals surface area contributed by atoms with Gasteiger partial charge < -0.3 is 9.47 Å². The fourth-order valence-electron chi connectivity index (χ4n) is 2.22. The molecule has 0 N–H and O–H groups in total. The van der Waals surface area contributed by atoms with Gasteiger partial charge in [0.05, 0.1) is 14.2 Å². The Kier molecular flexibility index (Phi) is 3.75. The summed E-state index contributed by atoms with van der Waals surface area (Å²) in [5.41, 5.74) is -1.64. The monoisotopic (exact) mass is 270 g/mol. The molecule has 2 rings (SSSR count). The first-order chi connectivity index (χ1) is 9.02. The molecule has 2 aliphatic rings. The van der Waals surface area contributed by atoms with E-state index in [-0.39, 0.29) is 12.3 Å². The Hall–Kier alpha value is -1.63. The number of esters is 2. The number of carbonyl (C=O) groups is 2. The van der Waals surface area contributed by atoms with E-state index in [2.05, 4.69) is 9.73 Å². The molecule has 1 aliphatic carbocycles. The van der Waals surface area contributed by atoms with Gasteiger partial charge in [0.2, 0.25) is 0 Å². The average Bonchev–Trinajstić information content (AvgIpc) is 2.64. The summed E-state index contributed by atoms with van der Waals surface area (Å²) in [5, 5.41) is 1.46. The van der Waals surface area contributed by atoms with Crippen molar-refractivity contribution in [3.63, 3.8) is 0 Å². The first kappa shape index (κ1) is 13.8. The van der Waals surface area contributed by atoms with Gasteiger partial charge in [-0.2, -0.15) is 0 Å². The van der Waals surface area contributed by atoms with Crippen LogP contribution in [0.1, 0.15) is 25.7 Å². The van der Waals surface area contributed by atoms with Crippen LogP contribution in [0.3, 0.4) is 0 Å². The van der Waals surface area contributed by atoms with E-state index in [9.17, 15) is 9.59 Å². The van der Waals surface area contributed by atoms with E-state index in [1.54, 1.807) is 7.05 Å². The molecule has 0 bridgehead atoms. The molecular weight excluding hydrogens is 252 g/mol. The Bertz CT molecular complexity index is 418. The largest absolute Gasteiger partial charge is 0.469 e. The maximum atomic E-state index is 11.9. The molecule has 0 saturated heterocycles. The normalized spacial score (nSPS) is 26.7. The maximum absolute atomic E-state index is 11.9. The molecule has 0 aromatic rings. The van der Waals surface area contributed by atoms with Crippen molar-refractivity contribution in [3.8, 4) is 0 Å². The van der Waals surface area contributed by atoms with Crippen LogP contribution in [-0.4, -0.2) is 49.8 Å². The van der Waals surface area contributed by atoms with E-state index in [4.69, 9.17) is 9.57 Å².